The average molecular weight is 229 g/mol. The first kappa shape index (κ1) is 12.2. The molecule has 2 unspecified atom stereocenters. The van der Waals surface area contributed by atoms with Crippen LogP contribution in [-0.4, -0.2) is 26.6 Å². The quantitative estimate of drug-likeness (QED) is 0.804. The molecule has 0 aliphatic carbocycles. The Bertz CT molecular complexity index is 327. The maximum atomic E-state index is 5.90. The van der Waals surface area contributed by atoms with E-state index in [1.165, 1.54) is 0 Å². The van der Waals surface area contributed by atoms with E-state index < -0.39 is 0 Å². The van der Waals surface area contributed by atoms with Crippen LogP contribution in [0, 0.1) is 13.8 Å². The lowest BCUT2D eigenvalue weighted by molar-refractivity contribution is 0.684. The zero-order valence-electron chi connectivity index (χ0n) is 9.58. The minimum Gasteiger partial charge on any atom is -0.350 e. The van der Waals surface area contributed by atoms with Gasteiger partial charge in [-0.1, -0.05) is 0 Å². The summed E-state index contributed by atoms with van der Waals surface area (Å²) in [6.07, 6.45) is 0.873. The van der Waals surface area contributed by atoms with E-state index in [9.17, 15) is 0 Å². The highest BCUT2D eigenvalue weighted by Crippen LogP contribution is 2.09. The fourth-order valence-corrected chi connectivity index (χ4v) is 1.55. The number of alkyl halides is 1. The Kier molecular flexibility index (Phi) is 4.27. The second kappa shape index (κ2) is 5.26. The van der Waals surface area contributed by atoms with E-state index in [1.807, 2.05) is 20.8 Å². The highest BCUT2D eigenvalue weighted by molar-refractivity contribution is 6.20. The van der Waals surface area contributed by atoms with E-state index in [2.05, 4.69) is 27.4 Å². The van der Waals surface area contributed by atoms with Crippen molar-refractivity contribution in [1.29, 1.82) is 0 Å². The molecule has 5 heteroatoms. The molecule has 1 aromatic rings. The normalized spacial score (nSPS) is 14.7. The number of aryl methyl sites for hydroxylation is 2. The molecule has 0 aromatic carbocycles. The molecule has 0 spiro atoms. The first-order valence-corrected chi connectivity index (χ1v) is 5.51. The predicted octanol–water partition coefficient (Wildman–Crippen LogP) is 2.31. The van der Waals surface area contributed by atoms with Gasteiger partial charge in [-0.3, -0.25) is 0 Å². The minimum absolute atomic E-state index is 0.145. The van der Waals surface area contributed by atoms with Gasteiger partial charge in [-0.25, -0.2) is 4.98 Å². The molecular weight excluding hydrogens is 212 g/mol. The molecule has 0 saturated heterocycles. The summed E-state index contributed by atoms with van der Waals surface area (Å²) >= 11 is 5.90. The van der Waals surface area contributed by atoms with Crippen LogP contribution in [0.15, 0.2) is 0 Å². The third kappa shape index (κ3) is 4.00. The molecule has 0 aliphatic rings. The average Bonchev–Trinajstić information content (AvgIpc) is 2.10. The lowest BCUT2D eigenvalue weighted by Crippen LogP contribution is -2.20. The first-order chi connectivity index (χ1) is 6.99. The fourth-order valence-electron chi connectivity index (χ4n) is 1.28. The third-order valence-corrected chi connectivity index (χ3v) is 2.32. The third-order valence-electron chi connectivity index (χ3n) is 2.15. The van der Waals surface area contributed by atoms with Gasteiger partial charge in [-0.15, -0.1) is 16.7 Å². The smallest absolute Gasteiger partial charge is 0.243 e. The van der Waals surface area contributed by atoms with Gasteiger partial charge in [0.15, 0.2) is 0 Å². The molecule has 1 rings (SSSR count). The van der Waals surface area contributed by atoms with Crippen molar-refractivity contribution in [1.82, 2.24) is 15.2 Å². The summed E-state index contributed by atoms with van der Waals surface area (Å²) in [6, 6.07) is 0.251. The van der Waals surface area contributed by atoms with Crippen LogP contribution >= 0.6 is 11.6 Å². The van der Waals surface area contributed by atoms with Gasteiger partial charge < -0.3 is 5.32 Å². The molecule has 0 radical (unpaired) electrons. The van der Waals surface area contributed by atoms with E-state index in [1.54, 1.807) is 0 Å². The van der Waals surface area contributed by atoms with Crippen molar-refractivity contribution in [2.24, 2.45) is 0 Å². The lowest BCUT2D eigenvalue weighted by atomic mass is 10.2. The topological polar surface area (TPSA) is 50.7 Å². The summed E-state index contributed by atoms with van der Waals surface area (Å²) in [5, 5.41) is 11.3. The number of hydrogen-bond acceptors (Lipinski definition) is 4. The number of anilines is 1. The van der Waals surface area contributed by atoms with Crippen molar-refractivity contribution in [3.63, 3.8) is 0 Å². The van der Waals surface area contributed by atoms with E-state index >= 15 is 0 Å². The van der Waals surface area contributed by atoms with E-state index in [-0.39, 0.29) is 11.4 Å². The molecule has 2 atom stereocenters. The van der Waals surface area contributed by atoms with Gasteiger partial charge in [0.05, 0.1) is 11.4 Å². The van der Waals surface area contributed by atoms with Crippen LogP contribution in [0.1, 0.15) is 31.7 Å². The number of halogens is 1. The standard InChI is InChI=1S/C10H17ClN4/c1-6(11)5-7(2)12-10-13-8(3)9(4)14-15-10/h6-7H,5H2,1-4H3,(H,12,13,15). The molecule has 15 heavy (non-hydrogen) atoms. The Morgan fingerprint density at radius 2 is 1.87 bits per heavy atom. The highest BCUT2D eigenvalue weighted by atomic mass is 35.5. The maximum absolute atomic E-state index is 5.90. The van der Waals surface area contributed by atoms with E-state index in [0.717, 1.165) is 17.8 Å². The van der Waals surface area contributed by atoms with Crippen LogP contribution in [-0.2, 0) is 0 Å². The van der Waals surface area contributed by atoms with E-state index in [4.69, 9.17) is 11.6 Å². The molecule has 1 heterocycles. The van der Waals surface area contributed by atoms with Crippen molar-refractivity contribution >= 4 is 17.5 Å². The van der Waals surface area contributed by atoms with Crippen LogP contribution < -0.4 is 5.32 Å². The van der Waals surface area contributed by atoms with Crippen molar-refractivity contribution in [3.8, 4) is 0 Å². The van der Waals surface area contributed by atoms with Gasteiger partial charge in [-0.2, -0.15) is 5.10 Å². The largest absolute Gasteiger partial charge is 0.350 e. The van der Waals surface area contributed by atoms with Crippen molar-refractivity contribution < 1.29 is 0 Å². The molecular formula is C10H17ClN4. The Balaban J connectivity index is 2.60. The summed E-state index contributed by atoms with van der Waals surface area (Å²) in [4.78, 5) is 4.29. The molecule has 0 aliphatic heterocycles. The summed E-state index contributed by atoms with van der Waals surface area (Å²) in [7, 11) is 0. The van der Waals surface area contributed by atoms with Gasteiger partial charge in [0, 0.05) is 11.4 Å². The second-order valence-corrected chi connectivity index (χ2v) is 4.61. The van der Waals surface area contributed by atoms with Crippen LogP contribution in [0.25, 0.3) is 0 Å². The maximum Gasteiger partial charge on any atom is 0.243 e. The summed E-state index contributed by atoms with van der Waals surface area (Å²) in [5.41, 5.74) is 1.76. The fraction of sp³-hybridized carbons (Fsp3) is 0.700. The molecule has 0 bridgehead atoms. The van der Waals surface area contributed by atoms with Gasteiger partial charge in [0.2, 0.25) is 5.95 Å². The number of rotatable bonds is 4. The molecule has 0 fully saturated rings. The van der Waals surface area contributed by atoms with Crippen LogP contribution in [0.5, 0.6) is 0 Å². The van der Waals surface area contributed by atoms with Crippen LogP contribution in [0.2, 0.25) is 0 Å². The SMILES string of the molecule is Cc1nnc(NC(C)CC(C)Cl)nc1C. The number of nitrogens with one attached hydrogen (secondary N) is 1. The summed E-state index contributed by atoms with van der Waals surface area (Å²) in [6.45, 7) is 7.84. The van der Waals surface area contributed by atoms with Gasteiger partial charge >= 0.3 is 0 Å². The summed E-state index contributed by atoms with van der Waals surface area (Å²) in [5.74, 6) is 0.572. The minimum atomic E-state index is 0.145. The number of aromatic nitrogens is 3. The van der Waals surface area contributed by atoms with Gasteiger partial charge in [0.25, 0.3) is 0 Å². The van der Waals surface area contributed by atoms with Crippen molar-refractivity contribution in [2.45, 2.75) is 45.5 Å². The zero-order valence-corrected chi connectivity index (χ0v) is 10.3. The monoisotopic (exact) mass is 228 g/mol. The number of hydrogen-bond donors (Lipinski definition) is 1. The highest BCUT2D eigenvalue weighted by Gasteiger charge is 2.08. The Morgan fingerprint density at radius 1 is 1.20 bits per heavy atom. The van der Waals surface area contributed by atoms with Crippen molar-refractivity contribution in [2.75, 3.05) is 5.32 Å². The van der Waals surface area contributed by atoms with Crippen LogP contribution in [0.3, 0.4) is 0 Å². The van der Waals surface area contributed by atoms with Gasteiger partial charge in [-0.05, 0) is 34.1 Å². The first-order valence-electron chi connectivity index (χ1n) is 5.07. The molecule has 0 saturated carbocycles. The van der Waals surface area contributed by atoms with Crippen LogP contribution in [0.4, 0.5) is 5.95 Å². The van der Waals surface area contributed by atoms with E-state index in [0.29, 0.717) is 5.95 Å². The predicted molar refractivity (Wildman–Crippen MR) is 62.3 cm³/mol. The molecule has 4 nitrogen and oxygen atoms in total. The second-order valence-electron chi connectivity index (χ2n) is 3.87. The lowest BCUT2D eigenvalue weighted by Gasteiger charge is -2.14. The van der Waals surface area contributed by atoms with Crippen molar-refractivity contribution in [3.05, 3.63) is 11.4 Å². The summed E-state index contributed by atoms with van der Waals surface area (Å²) < 4.78 is 0. The molecule has 1 N–H and O–H groups in total. The molecule has 84 valence electrons. The molecule has 0 amide bonds. The number of nitrogens with zero attached hydrogens (tertiary/aromatic N) is 3. The zero-order chi connectivity index (χ0) is 11.4. The Labute approximate surface area is 95.5 Å². The Morgan fingerprint density at radius 3 is 2.40 bits per heavy atom. The molecule has 1 aromatic heterocycles. The van der Waals surface area contributed by atoms with Gasteiger partial charge in [0.1, 0.15) is 0 Å². The Hall–Kier alpha value is -0.900.